The third-order valence-electron chi connectivity index (χ3n) is 2.62. The molecule has 0 saturated carbocycles. The largest absolute Gasteiger partial charge is 0.496 e. The maximum absolute atomic E-state index is 13.3. The summed E-state index contributed by atoms with van der Waals surface area (Å²) in [5, 5.41) is 3.05. The SMILES string of the molecule is CNc1cccc(-c2cc(F)ccc2OC)c1. The van der Waals surface area contributed by atoms with Crippen LogP contribution < -0.4 is 10.1 Å². The van der Waals surface area contributed by atoms with Gasteiger partial charge in [-0.05, 0) is 35.9 Å². The first kappa shape index (κ1) is 11.5. The van der Waals surface area contributed by atoms with Crippen LogP contribution >= 0.6 is 0 Å². The van der Waals surface area contributed by atoms with Gasteiger partial charge < -0.3 is 10.1 Å². The first-order chi connectivity index (χ1) is 8.24. The van der Waals surface area contributed by atoms with Crippen molar-refractivity contribution in [3.63, 3.8) is 0 Å². The van der Waals surface area contributed by atoms with Gasteiger partial charge in [0.25, 0.3) is 0 Å². The smallest absolute Gasteiger partial charge is 0.126 e. The normalized spacial score (nSPS) is 10.1. The highest BCUT2D eigenvalue weighted by molar-refractivity contribution is 5.73. The molecule has 0 aliphatic carbocycles. The molecule has 0 aliphatic heterocycles. The molecule has 0 aromatic heterocycles. The molecule has 2 nitrogen and oxygen atoms in total. The quantitative estimate of drug-likeness (QED) is 0.872. The van der Waals surface area contributed by atoms with E-state index in [0.29, 0.717) is 5.75 Å². The van der Waals surface area contributed by atoms with Gasteiger partial charge in [-0.1, -0.05) is 12.1 Å². The lowest BCUT2D eigenvalue weighted by atomic mass is 10.0. The molecular formula is C14H14FNO. The Balaban J connectivity index is 2.54. The summed E-state index contributed by atoms with van der Waals surface area (Å²) in [6, 6.07) is 12.3. The van der Waals surface area contributed by atoms with Crippen molar-refractivity contribution in [1.29, 1.82) is 0 Å². The molecule has 0 bridgehead atoms. The summed E-state index contributed by atoms with van der Waals surface area (Å²) in [4.78, 5) is 0. The molecule has 2 aromatic rings. The Morgan fingerprint density at radius 2 is 1.94 bits per heavy atom. The number of nitrogens with one attached hydrogen (secondary N) is 1. The lowest BCUT2D eigenvalue weighted by Gasteiger charge is -2.10. The molecule has 3 heteroatoms. The Hall–Kier alpha value is -2.03. The van der Waals surface area contributed by atoms with E-state index in [4.69, 9.17) is 4.74 Å². The van der Waals surface area contributed by atoms with Gasteiger partial charge >= 0.3 is 0 Å². The van der Waals surface area contributed by atoms with Crippen LogP contribution in [0.1, 0.15) is 0 Å². The molecule has 1 N–H and O–H groups in total. The lowest BCUT2D eigenvalue weighted by Crippen LogP contribution is -1.91. The summed E-state index contributed by atoms with van der Waals surface area (Å²) in [6.45, 7) is 0. The second-order valence-corrected chi connectivity index (χ2v) is 3.68. The molecule has 0 saturated heterocycles. The molecule has 0 spiro atoms. The summed E-state index contributed by atoms with van der Waals surface area (Å²) in [5.74, 6) is 0.398. The first-order valence-electron chi connectivity index (χ1n) is 5.36. The van der Waals surface area contributed by atoms with Crippen LogP contribution in [0, 0.1) is 5.82 Å². The predicted molar refractivity (Wildman–Crippen MR) is 67.9 cm³/mol. The van der Waals surface area contributed by atoms with E-state index in [2.05, 4.69) is 5.32 Å². The molecule has 0 aliphatic rings. The van der Waals surface area contributed by atoms with Crippen LogP contribution in [0.4, 0.5) is 10.1 Å². The molecule has 0 radical (unpaired) electrons. The van der Waals surface area contributed by atoms with Crippen LogP contribution in [0.15, 0.2) is 42.5 Å². The third kappa shape index (κ3) is 2.38. The fourth-order valence-electron chi connectivity index (χ4n) is 1.75. The number of hydrogen-bond acceptors (Lipinski definition) is 2. The molecule has 88 valence electrons. The standard InChI is InChI=1S/C14H14FNO/c1-16-12-5-3-4-10(8-12)13-9-11(15)6-7-14(13)17-2/h3-9,16H,1-2H3. The van der Waals surface area contributed by atoms with E-state index in [1.54, 1.807) is 13.2 Å². The van der Waals surface area contributed by atoms with E-state index < -0.39 is 0 Å². The second kappa shape index (κ2) is 4.87. The maximum Gasteiger partial charge on any atom is 0.126 e. The van der Waals surface area contributed by atoms with Gasteiger partial charge in [-0.15, -0.1) is 0 Å². The van der Waals surface area contributed by atoms with Crippen LogP contribution in [-0.2, 0) is 0 Å². The second-order valence-electron chi connectivity index (χ2n) is 3.68. The molecule has 0 unspecified atom stereocenters. The predicted octanol–water partition coefficient (Wildman–Crippen LogP) is 3.54. The topological polar surface area (TPSA) is 21.3 Å². The van der Waals surface area contributed by atoms with Crippen molar-refractivity contribution < 1.29 is 9.13 Å². The minimum atomic E-state index is -0.268. The minimum absolute atomic E-state index is 0.268. The Kier molecular flexibility index (Phi) is 3.28. The summed E-state index contributed by atoms with van der Waals surface area (Å²) in [6.07, 6.45) is 0. The van der Waals surface area contributed by atoms with Gasteiger partial charge in [-0.3, -0.25) is 0 Å². The number of rotatable bonds is 3. The highest BCUT2D eigenvalue weighted by atomic mass is 19.1. The molecule has 2 rings (SSSR count). The van der Waals surface area contributed by atoms with Gasteiger partial charge in [0.2, 0.25) is 0 Å². The number of anilines is 1. The van der Waals surface area contributed by atoms with Crippen LogP contribution in [0.2, 0.25) is 0 Å². The van der Waals surface area contributed by atoms with E-state index in [-0.39, 0.29) is 5.82 Å². The van der Waals surface area contributed by atoms with Crippen molar-refractivity contribution in [2.24, 2.45) is 0 Å². The van der Waals surface area contributed by atoms with Gasteiger partial charge in [0, 0.05) is 18.3 Å². The molecule has 0 heterocycles. The number of hydrogen-bond donors (Lipinski definition) is 1. The van der Waals surface area contributed by atoms with Crippen molar-refractivity contribution in [1.82, 2.24) is 0 Å². The molecule has 0 amide bonds. The Morgan fingerprint density at radius 3 is 2.65 bits per heavy atom. The number of benzene rings is 2. The number of methoxy groups -OCH3 is 1. The van der Waals surface area contributed by atoms with Gasteiger partial charge in [0.15, 0.2) is 0 Å². The summed E-state index contributed by atoms with van der Waals surface area (Å²) >= 11 is 0. The number of ether oxygens (including phenoxy) is 1. The third-order valence-corrected chi connectivity index (χ3v) is 2.62. The van der Waals surface area contributed by atoms with Crippen molar-refractivity contribution in [3.8, 4) is 16.9 Å². The van der Waals surface area contributed by atoms with E-state index in [1.807, 2.05) is 31.3 Å². The van der Waals surface area contributed by atoms with E-state index in [1.165, 1.54) is 12.1 Å². The highest BCUT2D eigenvalue weighted by Crippen LogP contribution is 2.31. The zero-order valence-electron chi connectivity index (χ0n) is 9.83. The fourth-order valence-corrected chi connectivity index (χ4v) is 1.75. The Labute approximate surface area is 100 Å². The van der Waals surface area contributed by atoms with Crippen molar-refractivity contribution in [2.75, 3.05) is 19.5 Å². The van der Waals surface area contributed by atoms with Gasteiger partial charge in [-0.2, -0.15) is 0 Å². The summed E-state index contributed by atoms with van der Waals surface area (Å²) in [5.41, 5.74) is 2.66. The lowest BCUT2D eigenvalue weighted by molar-refractivity contribution is 0.415. The van der Waals surface area contributed by atoms with Crippen LogP contribution in [0.25, 0.3) is 11.1 Å². The Bertz CT molecular complexity index is 525. The average molecular weight is 231 g/mol. The first-order valence-corrected chi connectivity index (χ1v) is 5.36. The Morgan fingerprint density at radius 1 is 1.12 bits per heavy atom. The molecule has 17 heavy (non-hydrogen) atoms. The maximum atomic E-state index is 13.3. The van der Waals surface area contributed by atoms with Crippen LogP contribution in [0.5, 0.6) is 5.75 Å². The van der Waals surface area contributed by atoms with E-state index >= 15 is 0 Å². The monoisotopic (exact) mass is 231 g/mol. The van der Waals surface area contributed by atoms with Crippen molar-refractivity contribution >= 4 is 5.69 Å². The highest BCUT2D eigenvalue weighted by Gasteiger charge is 2.07. The zero-order valence-corrected chi connectivity index (χ0v) is 9.83. The van der Waals surface area contributed by atoms with Gasteiger partial charge in [-0.25, -0.2) is 4.39 Å². The fraction of sp³-hybridized carbons (Fsp3) is 0.143. The van der Waals surface area contributed by atoms with Crippen LogP contribution in [-0.4, -0.2) is 14.2 Å². The van der Waals surface area contributed by atoms with Gasteiger partial charge in [0.05, 0.1) is 7.11 Å². The van der Waals surface area contributed by atoms with E-state index in [9.17, 15) is 4.39 Å². The van der Waals surface area contributed by atoms with Crippen molar-refractivity contribution in [2.45, 2.75) is 0 Å². The van der Waals surface area contributed by atoms with Crippen molar-refractivity contribution in [3.05, 3.63) is 48.3 Å². The molecule has 0 fully saturated rings. The summed E-state index contributed by atoms with van der Waals surface area (Å²) in [7, 11) is 3.43. The van der Waals surface area contributed by atoms with Gasteiger partial charge in [0.1, 0.15) is 11.6 Å². The summed E-state index contributed by atoms with van der Waals surface area (Å²) < 4.78 is 18.5. The minimum Gasteiger partial charge on any atom is -0.496 e. The molecule has 0 atom stereocenters. The van der Waals surface area contributed by atoms with Crippen LogP contribution in [0.3, 0.4) is 0 Å². The zero-order chi connectivity index (χ0) is 12.3. The van der Waals surface area contributed by atoms with E-state index in [0.717, 1.165) is 16.8 Å². The average Bonchev–Trinajstić information content (AvgIpc) is 2.39. The molecular weight excluding hydrogens is 217 g/mol. The number of halogens is 1. The molecule has 2 aromatic carbocycles.